The first-order chi connectivity index (χ1) is 8.75. The highest BCUT2D eigenvalue weighted by atomic mass is 32.2. The van der Waals surface area contributed by atoms with Crippen LogP contribution in [0.3, 0.4) is 0 Å². The molecule has 1 aromatic rings. The molecule has 1 amide bonds. The van der Waals surface area contributed by atoms with Gasteiger partial charge in [-0.3, -0.25) is 4.79 Å². The Kier molecular flexibility index (Phi) is 5.01. The average Bonchev–Trinajstić information content (AvgIpc) is 2.66. The van der Waals surface area contributed by atoms with Gasteiger partial charge in [-0.2, -0.15) is 0 Å². The molecule has 0 aromatic heterocycles. The molecule has 3 nitrogen and oxygen atoms in total. The van der Waals surface area contributed by atoms with E-state index >= 15 is 0 Å². The standard InChI is InChI=1S/C13H17FN2OS/c14-11-2-4-12(5-3-11)18-10-13(17)16-8-1-6-15-7-9-16/h2-5,15H,1,6-10H2. The van der Waals surface area contributed by atoms with Crippen molar-refractivity contribution in [3.63, 3.8) is 0 Å². The van der Waals surface area contributed by atoms with Gasteiger partial charge < -0.3 is 10.2 Å². The number of benzene rings is 1. The van der Waals surface area contributed by atoms with Gasteiger partial charge in [-0.05, 0) is 37.2 Å². The minimum atomic E-state index is -0.246. The maximum atomic E-state index is 12.7. The Hall–Kier alpha value is -1.07. The minimum absolute atomic E-state index is 0.160. The van der Waals surface area contributed by atoms with Crippen LogP contribution in [0.25, 0.3) is 0 Å². The molecular weight excluding hydrogens is 251 g/mol. The lowest BCUT2D eigenvalue weighted by Gasteiger charge is -2.19. The summed E-state index contributed by atoms with van der Waals surface area (Å²) in [5, 5.41) is 3.27. The van der Waals surface area contributed by atoms with Crippen molar-refractivity contribution in [2.24, 2.45) is 0 Å². The predicted molar refractivity (Wildman–Crippen MR) is 71.2 cm³/mol. The van der Waals surface area contributed by atoms with E-state index in [1.807, 2.05) is 4.90 Å². The summed E-state index contributed by atoms with van der Waals surface area (Å²) in [4.78, 5) is 14.8. The number of hydrogen-bond acceptors (Lipinski definition) is 3. The van der Waals surface area contributed by atoms with Gasteiger partial charge in [0.1, 0.15) is 5.82 Å². The van der Waals surface area contributed by atoms with Gasteiger partial charge in [-0.25, -0.2) is 4.39 Å². The van der Waals surface area contributed by atoms with Gasteiger partial charge >= 0.3 is 0 Å². The summed E-state index contributed by atoms with van der Waals surface area (Å²) in [6.07, 6.45) is 1.01. The monoisotopic (exact) mass is 268 g/mol. The third kappa shape index (κ3) is 3.99. The lowest BCUT2D eigenvalue weighted by Crippen LogP contribution is -2.35. The van der Waals surface area contributed by atoms with Crippen LogP contribution in [0.2, 0.25) is 0 Å². The van der Waals surface area contributed by atoms with Gasteiger partial charge in [0.15, 0.2) is 0 Å². The lowest BCUT2D eigenvalue weighted by atomic mass is 10.4. The number of amides is 1. The van der Waals surface area contributed by atoms with Crippen LogP contribution in [-0.2, 0) is 4.79 Å². The molecule has 1 N–H and O–H groups in total. The van der Waals surface area contributed by atoms with E-state index in [1.165, 1.54) is 23.9 Å². The SMILES string of the molecule is O=C(CSc1ccc(F)cc1)N1CCCNCC1. The highest BCUT2D eigenvalue weighted by Gasteiger charge is 2.15. The van der Waals surface area contributed by atoms with E-state index in [4.69, 9.17) is 0 Å². The van der Waals surface area contributed by atoms with Gasteiger partial charge in [0, 0.05) is 24.5 Å². The Morgan fingerprint density at radius 2 is 2.06 bits per heavy atom. The first kappa shape index (κ1) is 13.4. The quantitative estimate of drug-likeness (QED) is 0.848. The maximum Gasteiger partial charge on any atom is 0.232 e. The highest BCUT2D eigenvalue weighted by Crippen LogP contribution is 2.18. The van der Waals surface area contributed by atoms with Crippen LogP contribution < -0.4 is 5.32 Å². The second-order valence-electron chi connectivity index (χ2n) is 4.23. The van der Waals surface area contributed by atoms with Crippen molar-refractivity contribution in [1.82, 2.24) is 10.2 Å². The van der Waals surface area contributed by atoms with E-state index in [1.54, 1.807) is 12.1 Å². The van der Waals surface area contributed by atoms with Crippen molar-refractivity contribution in [1.29, 1.82) is 0 Å². The maximum absolute atomic E-state index is 12.7. The fourth-order valence-electron chi connectivity index (χ4n) is 1.86. The van der Waals surface area contributed by atoms with E-state index in [0.717, 1.165) is 37.5 Å². The molecule has 1 fully saturated rings. The van der Waals surface area contributed by atoms with E-state index in [-0.39, 0.29) is 11.7 Å². The molecule has 0 unspecified atom stereocenters. The zero-order valence-corrected chi connectivity index (χ0v) is 11.0. The minimum Gasteiger partial charge on any atom is -0.341 e. The van der Waals surface area contributed by atoms with Crippen molar-refractivity contribution in [2.45, 2.75) is 11.3 Å². The Labute approximate surface area is 111 Å². The van der Waals surface area contributed by atoms with Crippen molar-refractivity contribution >= 4 is 17.7 Å². The number of nitrogens with zero attached hydrogens (tertiary/aromatic N) is 1. The smallest absolute Gasteiger partial charge is 0.232 e. The van der Waals surface area contributed by atoms with Crippen LogP contribution >= 0.6 is 11.8 Å². The molecule has 1 aromatic carbocycles. The number of rotatable bonds is 3. The average molecular weight is 268 g/mol. The topological polar surface area (TPSA) is 32.3 Å². The van der Waals surface area contributed by atoms with E-state index in [2.05, 4.69) is 5.32 Å². The van der Waals surface area contributed by atoms with Crippen LogP contribution in [0.1, 0.15) is 6.42 Å². The van der Waals surface area contributed by atoms with Gasteiger partial charge in [-0.1, -0.05) is 0 Å². The summed E-state index contributed by atoms with van der Waals surface area (Å²) < 4.78 is 12.7. The van der Waals surface area contributed by atoms with Crippen molar-refractivity contribution in [3.8, 4) is 0 Å². The predicted octanol–water partition coefficient (Wildman–Crippen LogP) is 1.74. The molecule has 1 heterocycles. The number of nitrogens with one attached hydrogen (secondary N) is 1. The third-order valence-electron chi connectivity index (χ3n) is 2.87. The van der Waals surface area contributed by atoms with Crippen LogP contribution in [0.4, 0.5) is 4.39 Å². The number of carbonyl (C=O) groups excluding carboxylic acids is 1. The number of hydrogen-bond donors (Lipinski definition) is 1. The zero-order valence-electron chi connectivity index (χ0n) is 10.2. The molecule has 0 atom stereocenters. The molecule has 0 aliphatic carbocycles. The fraction of sp³-hybridized carbons (Fsp3) is 0.462. The summed E-state index contributed by atoms with van der Waals surface area (Å²) >= 11 is 1.46. The molecule has 0 radical (unpaired) electrons. The Morgan fingerprint density at radius 3 is 2.83 bits per heavy atom. The normalized spacial score (nSPS) is 16.4. The van der Waals surface area contributed by atoms with Crippen molar-refractivity contribution in [2.75, 3.05) is 31.9 Å². The van der Waals surface area contributed by atoms with Crippen molar-refractivity contribution in [3.05, 3.63) is 30.1 Å². The zero-order chi connectivity index (χ0) is 12.8. The summed E-state index contributed by atoms with van der Waals surface area (Å²) in [6.45, 7) is 3.46. The van der Waals surface area contributed by atoms with Gasteiger partial charge in [0.25, 0.3) is 0 Å². The summed E-state index contributed by atoms with van der Waals surface area (Å²) in [5.41, 5.74) is 0. The Bertz CT molecular complexity index is 388. The van der Waals surface area contributed by atoms with Gasteiger partial charge in [0.05, 0.1) is 5.75 Å². The van der Waals surface area contributed by atoms with Crippen LogP contribution in [-0.4, -0.2) is 42.7 Å². The lowest BCUT2D eigenvalue weighted by molar-refractivity contribution is -0.128. The van der Waals surface area contributed by atoms with Gasteiger partial charge in [-0.15, -0.1) is 11.8 Å². The fourth-order valence-corrected chi connectivity index (χ4v) is 2.66. The highest BCUT2D eigenvalue weighted by molar-refractivity contribution is 8.00. The van der Waals surface area contributed by atoms with Crippen LogP contribution in [0.5, 0.6) is 0 Å². The Morgan fingerprint density at radius 1 is 1.28 bits per heavy atom. The molecule has 1 aliphatic heterocycles. The van der Waals surface area contributed by atoms with E-state index in [9.17, 15) is 9.18 Å². The second-order valence-corrected chi connectivity index (χ2v) is 5.28. The van der Waals surface area contributed by atoms with Crippen LogP contribution in [0.15, 0.2) is 29.2 Å². The molecule has 0 bridgehead atoms. The molecule has 0 saturated carbocycles. The molecule has 1 saturated heterocycles. The molecule has 98 valence electrons. The summed E-state index contributed by atoms with van der Waals surface area (Å²) in [5.74, 6) is 0.336. The van der Waals surface area contributed by atoms with E-state index < -0.39 is 0 Å². The summed E-state index contributed by atoms with van der Waals surface area (Å²) in [7, 11) is 0. The molecular formula is C13H17FN2OS. The van der Waals surface area contributed by atoms with Gasteiger partial charge in [0.2, 0.25) is 5.91 Å². The summed E-state index contributed by atoms with van der Waals surface area (Å²) in [6, 6.07) is 6.25. The number of thioether (sulfide) groups is 1. The molecule has 5 heteroatoms. The molecule has 2 rings (SSSR count). The largest absolute Gasteiger partial charge is 0.341 e. The molecule has 18 heavy (non-hydrogen) atoms. The first-order valence-corrected chi connectivity index (χ1v) is 7.11. The third-order valence-corrected chi connectivity index (χ3v) is 3.87. The molecule has 1 aliphatic rings. The second kappa shape index (κ2) is 6.75. The molecule has 0 spiro atoms. The number of halogens is 1. The first-order valence-electron chi connectivity index (χ1n) is 6.12. The Balaban J connectivity index is 1.81. The van der Waals surface area contributed by atoms with E-state index in [0.29, 0.717) is 5.75 Å². The van der Waals surface area contributed by atoms with Crippen LogP contribution in [0, 0.1) is 5.82 Å². The van der Waals surface area contributed by atoms with Crippen molar-refractivity contribution < 1.29 is 9.18 Å². The number of carbonyl (C=O) groups is 1.